The van der Waals surface area contributed by atoms with E-state index in [2.05, 4.69) is 17.3 Å². The summed E-state index contributed by atoms with van der Waals surface area (Å²) >= 11 is 6.11. The zero-order valence-corrected chi connectivity index (χ0v) is 12.1. The molecule has 2 rings (SSSR count). The predicted molar refractivity (Wildman–Crippen MR) is 75.8 cm³/mol. The van der Waals surface area contributed by atoms with Gasteiger partial charge in [0.2, 0.25) is 0 Å². The van der Waals surface area contributed by atoms with Gasteiger partial charge in [0.1, 0.15) is 5.02 Å². The van der Waals surface area contributed by atoms with Crippen molar-refractivity contribution >= 4 is 17.3 Å². The summed E-state index contributed by atoms with van der Waals surface area (Å²) in [6, 6.07) is 0.322. The molecule has 19 heavy (non-hydrogen) atoms. The number of methoxy groups -OCH3 is 1. The number of aromatic nitrogens is 2. The molecular formula is C13H20ClN3O2. The number of nitrogens with one attached hydrogen (secondary N) is 1. The van der Waals surface area contributed by atoms with Gasteiger partial charge in [-0.05, 0) is 25.7 Å². The smallest absolute Gasteiger partial charge is 0.287 e. The maximum absolute atomic E-state index is 12.0. The number of hydrogen-bond acceptors (Lipinski definition) is 4. The van der Waals surface area contributed by atoms with Crippen molar-refractivity contribution in [3.05, 3.63) is 21.6 Å². The second-order valence-corrected chi connectivity index (χ2v) is 5.40. The van der Waals surface area contributed by atoms with Crippen LogP contribution in [0.5, 0.6) is 0 Å². The van der Waals surface area contributed by atoms with Gasteiger partial charge >= 0.3 is 0 Å². The molecule has 1 atom stereocenters. The highest BCUT2D eigenvalue weighted by Crippen LogP contribution is 2.31. The second kappa shape index (κ2) is 6.39. The van der Waals surface area contributed by atoms with Crippen molar-refractivity contribution in [2.24, 2.45) is 5.92 Å². The molecule has 0 aromatic carbocycles. The third kappa shape index (κ3) is 3.28. The van der Waals surface area contributed by atoms with E-state index in [1.807, 2.05) is 0 Å². The first kappa shape index (κ1) is 14.3. The molecule has 1 saturated carbocycles. The molecule has 1 aliphatic rings. The van der Waals surface area contributed by atoms with Gasteiger partial charge in [0.15, 0.2) is 0 Å². The molecule has 0 aliphatic heterocycles. The van der Waals surface area contributed by atoms with Crippen LogP contribution in [0.15, 0.2) is 11.0 Å². The molecule has 1 N–H and O–H groups in total. The third-order valence-electron chi connectivity index (χ3n) is 3.73. The van der Waals surface area contributed by atoms with Crippen LogP contribution in [0.3, 0.4) is 0 Å². The minimum Gasteiger partial charge on any atom is -0.383 e. The van der Waals surface area contributed by atoms with Crippen molar-refractivity contribution < 1.29 is 4.74 Å². The summed E-state index contributed by atoms with van der Waals surface area (Å²) in [5.74, 6) is 0.673. The Morgan fingerprint density at radius 2 is 2.37 bits per heavy atom. The zero-order chi connectivity index (χ0) is 13.8. The van der Waals surface area contributed by atoms with E-state index in [4.69, 9.17) is 16.3 Å². The Labute approximate surface area is 117 Å². The molecule has 1 heterocycles. The normalized spacial score (nSPS) is 17.0. The molecule has 1 aromatic heterocycles. The maximum Gasteiger partial charge on any atom is 0.287 e. The molecule has 5 nitrogen and oxygen atoms in total. The number of halogens is 1. The highest BCUT2D eigenvalue weighted by molar-refractivity contribution is 6.32. The van der Waals surface area contributed by atoms with E-state index in [0.717, 1.165) is 0 Å². The number of hydrogen-bond donors (Lipinski definition) is 1. The Kier molecular flexibility index (Phi) is 4.82. The highest BCUT2D eigenvalue weighted by atomic mass is 35.5. The predicted octanol–water partition coefficient (Wildman–Crippen LogP) is 2.14. The van der Waals surface area contributed by atoms with Crippen LogP contribution >= 0.6 is 11.6 Å². The van der Waals surface area contributed by atoms with Gasteiger partial charge in [0, 0.05) is 13.2 Å². The molecule has 0 bridgehead atoms. The summed E-state index contributed by atoms with van der Waals surface area (Å²) in [7, 11) is 1.59. The Morgan fingerprint density at radius 1 is 1.63 bits per heavy atom. The van der Waals surface area contributed by atoms with Crippen LogP contribution in [-0.2, 0) is 11.3 Å². The zero-order valence-electron chi connectivity index (χ0n) is 11.4. The van der Waals surface area contributed by atoms with Crippen LogP contribution in [-0.4, -0.2) is 29.5 Å². The first-order valence-electron chi connectivity index (χ1n) is 6.64. The van der Waals surface area contributed by atoms with E-state index >= 15 is 0 Å². The maximum atomic E-state index is 12.0. The van der Waals surface area contributed by atoms with Gasteiger partial charge in [0.25, 0.3) is 5.56 Å². The summed E-state index contributed by atoms with van der Waals surface area (Å²) in [4.78, 5) is 12.0. The molecule has 1 aliphatic carbocycles. The van der Waals surface area contributed by atoms with E-state index in [-0.39, 0.29) is 10.6 Å². The Balaban J connectivity index is 2.09. The van der Waals surface area contributed by atoms with Gasteiger partial charge in [-0.2, -0.15) is 5.10 Å². The Bertz CT molecular complexity index is 485. The number of anilines is 1. The largest absolute Gasteiger partial charge is 0.383 e. The quantitative estimate of drug-likeness (QED) is 0.870. The highest BCUT2D eigenvalue weighted by Gasteiger charge is 2.24. The van der Waals surface area contributed by atoms with E-state index in [1.54, 1.807) is 13.3 Å². The van der Waals surface area contributed by atoms with Gasteiger partial charge < -0.3 is 10.1 Å². The molecular weight excluding hydrogens is 266 g/mol. The van der Waals surface area contributed by atoms with Crippen LogP contribution in [0, 0.1) is 5.92 Å². The van der Waals surface area contributed by atoms with E-state index < -0.39 is 0 Å². The fourth-order valence-electron chi connectivity index (χ4n) is 2.21. The lowest BCUT2D eigenvalue weighted by Crippen LogP contribution is -2.32. The third-order valence-corrected chi connectivity index (χ3v) is 4.10. The molecule has 1 aromatic rings. The van der Waals surface area contributed by atoms with Crippen LogP contribution < -0.4 is 10.9 Å². The summed E-state index contributed by atoms with van der Waals surface area (Å²) < 4.78 is 6.26. The monoisotopic (exact) mass is 285 g/mol. The van der Waals surface area contributed by atoms with Gasteiger partial charge in [0.05, 0.1) is 25.0 Å². The SMILES string of the molecule is COCCn1ncc(NC(C)C2CCC2)c(Cl)c1=O. The van der Waals surface area contributed by atoms with E-state index in [9.17, 15) is 4.79 Å². The van der Waals surface area contributed by atoms with Crippen molar-refractivity contribution in [3.63, 3.8) is 0 Å². The van der Waals surface area contributed by atoms with Crippen molar-refractivity contribution in [2.45, 2.75) is 38.8 Å². The summed E-state index contributed by atoms with van der Waals surface area (Å²) in [6.07, 6.45) is 5.39. The lowest BCUT2D eigenvalue weighted by Gasteiger charge is -2.32. The fraction of sp³-hybridized carbons (Fsp3) is 0.692. The minimum atomic E-state index is -0.274. The van der Waals surface area contributed by atoms with Crippen LogP contribution in [0.2, 0.25) is 5.02 Å². The molecule has 1 unspecified atom stereocenters. The van der Waals surface area contributed by atoms with Gasteiger partial charge in [-0.3, -0.25) is 4.79 Å². The average molecular weight is 286 g/mol. The molecule has 0 radical (unpaired) electrons. The van der Waals surface area contributed by atoms with Crippen LogP contribution in [0.25, 0.3) is 0 Å². The first-order valence-corrected chi connectivity index (χ1v) is 7.02. The molecule has 0 amide bonds. The average Bonchev–Trinajstić information content (AvgIpc) is 2.32. The first-order chi connectivity index (χ1) is 9.13. The Hall–Kier alpha value is -1.07. The minimum absolute atomic E-state index is 0.206. The molecule has 6 heteroatoms. The van der Waals surface area contributed by atoms with Gasteiger partial charge in [-0.25, -0.2) is 4.68 Å². The summed E-state index contributed by atoms with van der Waals surface area (Å²) in [6.45, 7) is 2.97. The molecule has 106 valence electrons. The molecule has 1 fully saturated rings. The number of rotatable bonds is 6. The standard InChI is InChI=1S/C13H20ClN3O2/c1-9(10-4-3-5-10)16-11-8-15-17(6-7-19-2)13(18)12(11)14/h8-10,16H,3-7H2,1-2H3. The lowest BCUT2D eigenvalue weighted by atomic mass is 9.80. The number of nitrogens with zero attached hydrogens (tertiary/aromatic N) is 2. The van der Waals surface area contributed by atoms with Crippen molar-refractivity contribution in [3.8, 4) is 0 Å². The van der Waals surface area contributed by atoms with Gasteiger partial charge in [-0.1, -0.05) is 18.0 Å². The van der Waals surface area contributed by atoms with E-state index in [1.165, 1.54) is 23.9 Å². The van der Waals surface area contributed by atoms with Crippen LogP contribution in [0.1, 0.15) is 26.2 Å². The second-order valence-electron chi connectivity index (χ2n) is 5.02. The van der Waals surface area contributed by atoms with Crippen molar-refractivity contribution in [1.29, 1.82) is 0 Å². The summed E-state index contributed by atoms with van der Waals surface area (Å²) in [5.41, 5.74) is 0.351. The molecule has 0 spiro atoms. The summed E-state index contributed by atoms with van der Waals surface area (Å²) in [5, 5.41) is 7.61. The molecule has 0 saturated heterocycles. The van der Waals surface area contributed by atoms with Crippen molar-refractivity contribution in [2.75, 3.05) is 19.0 Å². The Morgan fingerprint density at radius 3 is 2.95 bits per heavy atom. The van der Waals surface area contributed by atoms with Crippen molar-refractivity contribution in [1.82, 2.24) is 9.78 Å². The fourth-order valence-corrected chi connectivity index (χ4v) is 2.41. The lowest BCUT2D eigenvalue weighted by molar-refractivity contribution is 0.182. The topological polar surface area (TPSA) is 56.1 Å². The van der Waals surface area contributed by atoms with Crippen LogP contribution in [0.4, 0.5) is 5.69 Å². The van der Waals surface area contributed by atoms with Gasteiger partial charge in [-0.15, -0.1) is 0 Å². The number of ether oxygens (including phenoxy) is 1. The van der Waals surface area contributed by atoms with E-state index in [0.29, 0.717) is 30.8 Å².